The second kappa shape index (κ2) is 5.89. The molecule has 1 aromatic heterocycles. The summed E-state index contributed by atoms with van der Waals surface area (Å²) in [6.07, 6.45) is -0.0564. The Hall–Kier alpha value is -2.00. The molecule has 3 rings (SSSR count). The van der Waals surface area contributed by atoms with Gasteiger partial charge in [0.2, 0.25) is 5.91 Å². The number of carbonyl (C=O) groups excluding carboxylic acids is 1. The molecule has 10 heteroatoms. The molecule has 1 aliphatic heterocycles. The van der Waals surface area contributed by atoms with E-state index in [0.717, 1.165) is 0 Å². The van der Waals surface area contributed by atoms with Gasteiger partial charge in [-0.3, -0.25) is 14.8 Å². The summed E-state index contributed by atoms with van der Waals surface area (Å²) in [7, 11) is -4.62. The number of hydrogen-bond donors (Lipinski definition) is 1. The number of amides is 1. The SMILES string of the molecule is O=C1CC(CS(=O)(=O)F)CN1c1n[nH]c(-c2ccccc2Cl)n1. The van der Waals surface area contributed by atoms with E-state index in [9.17, 15) is 17.1 Å². The monoisotopic (exact) mass is 358 g/mol. The van der Waals surface area contributed by atoms with E-state index >= 15 is 0 Å². The summed E-state index contributed by atoms with van der Waals surface area (Å²) >= 11 is 6.08. The molecule has 2 heterocycles. The molecule has 1 N–H and O–H groups in total. The van der Waals surface area contributed by atoms with Crippen LogP contribution in [0, 0.1) is 5.92 Å². The Balaban J connectivity index is 1.81. The van der Waals surface area contributed by atoms with Crippen LogP contribution in [-0.4, -0.2) is 41.8 Å². The highest BCUT2D eigenvalue weighted by Gasteiger charge is 2.35. The number of H-pyrrole nitrogens is 1. The molecular weight excluding hydrogens is 347 g/mol. The van der Waals surface area contributed by atoms with Gasteiger partial charge in [-0.05, 0) is 12.1 Å². The molecule has 23 heavy (non-hydrogen) atoms. The first kappa shape index (κ1) is 15.9. The molecule has 1 aromatic carbocycles. The molecule has 1 fully saturated rings. The van der Waals surface area contributed by atoms with Gasteiger partial charge in [0, 0.05) is 24.4 Å². The van der Waals surface area contributed by atoms with Gasteiger partial charge in [0.15, 0.2) is 5.82 Å². The summed E-state index contributed by atoms with van der Waals surface area (Å²) in [4.78, 5) is 17.4. The molecule has 122 valence electrons. The zero-order valence-electron chi connectivity index (χ0n) is 11.7. The summed E-state index contributed by atoms with van der Waals surface area (Å²) in [5.41, 5.74) is 0.627. The van der Waals surface area contributed by atoms with Crippen molar-refractivity contribution in [3.05, 3.63) is 29.3 Å². The fourth-order valence-corrected chi connectivity index (χ4v) is 3.53. The Labute approximate surface area is 136 Å². The maximum atomic E-state index is 12.8. The molecule has 1 amide bonds. The molecule has 7 nitrogen and oxygen atoms in total. The lowest BCUT2D eigenvalue weighted by Crippen LogP contribution is -2.26. The molecule has 0 radical (unpaired) electrons. The van der Waals surface area contributed by atoms with Crippen LogP contribution in [0.4, 0.5) is 9.83 Å². The highest BCUT2D eigenvalue weighted by atomic mass is 35.5. The average molecular weight is 359 g/mol. The van der Waals surface area contributed by atoms with Crippen molar-refractivity contribution in [2.24, 2.45) is 5.92 Å². The number of rotatable bonds is 4. The van der Waals surface area contributed by atoms with Gasteiger partial charge in [-0.2, -0.15) is 13.4 Å². The van der Waals surface area contributed by atoms with Gasteiger partial charge in [0.25, 0.3) is 5.95 Å². The largest absolute Gasteiger partial charge is 0.302 e. The van der Waals surface area contributed by atoms with E-state index < -0.39 is 21.9 Å². The van der Waals surface area contributed by atoms with E-state index in [1.54, 1.807) is 24.3 Å². The van der Waals surface area contributed by atoms with Crippen LogP contribution in [0.3, 0.4) is 0 Å². The highest BCUT2D eigenvalue weighted by Crippen LogP contribution is 2.28. The number of aromatic nitrogens is 3. The summed E-state index contributed by atoms with van der Waals surface area (Å²) in [6, 6.07) is 7.00. The molecule has 1 saturated heterocycles. The van der Waals surface area contributed by atoms with Gasteiger partial charge in [0.05, 0.1) is 10.8 Å². The normalized spacial score (nSPS) is 18.6. The van der Waals surface area contributed by atoms with E-state index in [4.69, 9.17) is 11.6 Å². The minimum atomic E-state index is -4.62. The third kappa shape index (κ3) is 3.50. The maximum Gasteiger partial charge on any atom is 0.302 e. The summed E-state index contributed by atoms with van der Waals surface area (Å²) in [5, 5.41) is 7.13. The van der Waals surface area contributed by atoms with Crippen molar-refractivity contribution >= 4 is 33.7 Å². The van der Waals surface area contributed by atoms with Gasteiger partial charge in [0.1, 0.15) is 0 Å². The molecule has 0 spiro atoms. The van der Waals surface area contributed by atoms with Crippen LogP contribution in [0.25, 0.3) is 11.4 Å². The number of halogens is 2. The van der Waals surface area contributed by atoms with Crippen LogP contribution in [0.1, 0.15) is 6.42 Å². The molecule has 0 bridgehead atoms. The molecule has 0 saturated carbocycles. The first-order valence-electron chi connectivity index (χ1n) is 6.73. The average Bonchev–Trinajstić information content (AvgIpc) is 3.04. The summed E-state index contributed by atoms with van der Waals surface area (Å²) < 4.78 is 34.2. The Morgan fingerprint density at radius 3 is 2.83 bits per heavy atom. The van der Waals surface area contributed by atoms with Crippen LogP contribution >= 0.6 is 11.6 Å². The zero-order valence-corrected chi connectivity index (χ0v) is 13.3. The highest BCUT2D eigenvalue weighted by molar-refractivity contribution is 7.86. The predicted molar refractivity (Wildman–Crippen MR) is 82.2 cm³/mol. The van der Waals surface area contributed by atoms with Gasteiger partial charge >= 0.3 is 10.2 Å². The molecule has 1 aliphatic rings. The summed E-state index contributed by atoms with van der Waals surface area (Å²) in [5.74, 6) is -1.14. The fourth-order valence-electron chi connectivity index (χ4n) is 2.52. The van der Waals surface area contributed by atoms with Gasteiger partial charge in [-0.25, -0.2) is 0 Å². The third-order valence-corrected chi connectivity index (χ3v) is 4.68. The van der Waals surface area contributed by atoms with Crippen LogP contribution < -0.4 is 4.90 Å². The number of nitrogens with one attached hydrogen (secondary N) is 1. The first-order valence-corrected chi connectivity index (χ1v) is 8.66. The minimum Gasteiger partial charge on any atom is -0.279 e. The lowest BCUT2D eigenvalue weighted by atomic mass is 10.1. The molecule has 1 unspecified atom stereocenters. The zero-order chi connectivity index (χ0) is 16.6. The smallest absolute Gasteiger partial charge is 0.279 e. The van der Waals surface area contributed by atoms with Gasteiger partial charge in [-0.1, -0.05) is 23.7 Å². The predicted octanol–water partition coefficient (Wildman–Crippen LogP) is 1.78. The Morgan fingerprint density at radius 1 is 1.39 bits per heavy atom. The molecule has 1 atom stereocenters. The standard InChI is InChI=1S/C13H12ClFN4O3S/c14-10-4-2-1-3-9(10)12-16-13(18-17-12)19-6-8(5-11(19)20)7-23(15,21)22/h1-4,8H,5-7H2,(H,16,17,18). The number of anilines is 1. The topological polar surface area (TPSA) is 96.0 Å². The van der Waals surface area contributed by atoms with E-state index in [-0.39, 0.29) is 24.8 Å². The van der Waals surface area contributed by atoms with Crippen LogP contribution in [0.2, 0.25) is 5.02 Å². The van der Waals surface area contributed by atoms with Crippen LogP contribution in [0.15, 0.2) is 24.3 Å². The fraction of sp³-hybridized carbons (Fsp3) is 0.308. The molecule has 0 aliphatic carbocycles. The van der Waals surface area contributed by atoms with E-state index in [1.807, 2.05) is 0 Å². The first-order chi connectivity index (χ1) is 10.8. The number of hydrogen-bond acceptors (Lipinski definition) is 5. The third-order valence-electron chi connectivity index (χ3n) is 3.48. The lowest BCUT2D eigenvalue weighted by molar-refractivity contribution is -0.117. The van der Waals surface area contributed by atoms with Gasteiger partial charge < -0.3 is 0 Å². The second-order valence-corrected chi connectivity index (χ2v) is 7.06. The van der Waals surface area contributed by atoms with Crippen LogP contribution in [-0.2, 0) is 15.0 Å². The number of aromatic amines is 1. The molecule has 2 aromatic rings. The van der Waals surface area contributed by atoms with Crippen molar-refractivity contribution in [1.82, 2.24) is 15.2 Å². The van der Waals surface area contributed by atoms with E-state index in [2.05, 4.69) is 15.2 Å². The summed E-state index contributed by atoms with van der Waals surface area (Å²) in [6.45, 7) is 0.0573. The number of nitrogens with zero attached hydrogens (tertiary/aromatic N) is 3. The Morgan fingerprint density at radius 2 is 2.13 bits per heavy atom. The van der Waals surface area contributed by atoms with Crippen molar-refractivity contribution in [3.8, 4) is 11.4 Å². The number of carbonyl (C=O) groups is 1. The lowest BCUT2D eigenvalue weighted by Gasteiger charge is -2.10. The van der Waals surface area contributed by atoms with Gasteiger partial charge in [-0.15, -0.1) is 8.98 Å². The van der Waals surface area contributed by atoms with Crippen molar-refractivity contribution in [2.45, 2.75) is 6.42 Å². The molecular formula is C13H12ClFN4O3S. The minimum absolute atomic E-state index is 0.0564. The Bertz CT molecular complexity index is 854. The van der Waals surface area contributed by atoms with Crippen molar-refractivity contribution in [3.63, 3.8) is 0 Å². The van der Waals surface area contributed by atoms with Crippen molar-refractivity contribution < 1.29 is 17.1 Å². The van der Waals surface area contributed by atoms with Crippen molar-refractivity contribution in [2.75, 3.05) is 17.2 Å². The quantitative estimate of drug-likeness (QED) is 0.840. The second-order valence-electron chi connectivity index (χ2n) is 5.24. The maximum absolute atomic E-state index is 12.8. The van der Waals surface area contributed by atoms with E-state index in [1.165, 1.54) is 4.90 Å². The van der Waals surface area contributed by atoms with Crippen LogP contribution in [0.5, 0.6) is 0 Å². The Kier molecular flexibility index (Phi) is 4.07. The van der Waals surface area contributed by atoms with E-state index in [0.29, 0.717) is 16.4 Å². The van der Waals surface area contributed by atoms with Crippen molar-refractivity contribution in [1.29, 1.82) is 0 Å². The number of benzene rings is 1.